The van der Waals surface area contributed by atoms with Crippen LogP contribution in [0.25, 0.3) is 0 Å². The maximum absolute atomic E-state index is 12.3. The number of thiocarbonyl (C=S) groups is 1. The zero-order valence-corrected chi connectivity index (χ0v) is 13.2. The zero-order valence-electron chi connectivity index (χ0n) is 12.3. The second kappa shape index (κ2) is 4.37. The van der Waals surface area contributed by atoms with Gasteiger partial charge in [-0.15, -0.1) is 0 Å². The van der Waals surface area contributed by atoms with E-state index in [2.05, 4.69) is 0 Å². The second-order valence-electron chi connectivity index (χ2n) is 6.54. The van der Waals surface area contributed by atoms with Crippen molar-refractivity contribution < 1.29 is 9.59 Å². The van der Waals surface area contributed by atoms with E-state index in [9.17, 15) is 9.59 Å². The summed E-state index contributed by atoms with van der Waals surface area (Å²) in [7, 11) is 0. The number of nitrogens with zero attached hydrogens (tertiary/aromatic N) is 1. The van der Waals surface area contributed by atoms with Gasteiger partial charge in [-0.2, -0.15) is 0 Å². The maximum atomic E-state index is 12.3. The number of rotatable bonds is 3. The number of nitrogens with two attached hydrogens (primary N) is 1. The Morgan fingerprint density at radius 2 is 1.86 bits per heavy atom. The van der Waals surface area contributed by atoms with Crippen LogP contribution >= 0.6 is 12.2 Å². The van der Waals surface area contributed by atoms with Gasteiger partial charge in [0, 0.05) is 5.56 Å². The largest absolute Gasteiger partial charge is 0.389 e. The first-order chi connectivity index (χ1) is 9.75. The van der Waals surface area contributed by atoms with E-state index >= 15 is 0 Å². The number of carbonyl (C=O) groups is 2. The number of amides is 2. The molecule has 0 spiro atoms. The van der Waals surface area contributed by atoms with E-state index < -0.39 is 0 Å². The molecule has 2 fully saturated rings. The van der Waals surface area contributed by atoms with E-state index in [4.69, 9.17) is 18.0 Å². The number of likely N-dealkylation sites (tertiary alicyclic amines) is 1. The molecular weight excluding hydrogens is 284 g/mol. The molecule has 0 bridgehead atoms. The number of benzene rings is 1. The first-order valence-electron chi connectivity index (χ1n) is 6.99. The monoisotopic (exact) mass is 302 g/mol. The lowest BCUT2D eigenvalue weighted by molar-refractivity contribution is -0.143. The van der Waals surface area contributed by atoms with Crippen LogP contribution in [0.5, 0.6) is 0 Å². The van der Waals surface area contributed by atoms with Gasteiger partial charge in [-0.3, -0.25) is 14.5 Å². The zero-order chi connectivity index (χ0) is 15.5. The molecule has 1 saturated heterocycles. The lowest BCUT2D eigenvalue weighted by Crippen LogP contribution is -2.35. The summed E-state index contributed by atoms with van der Waals surface area (Å²) in [6, 6.07) is 5.62. The van der Waals surface area contributed by atoms with Crippen molar-refractivity contribution in [2.24, 2.45) is 23.0 Å². The first-order valence-corrected chi connectivity index (χ1v) is 7.40. The van der Waals surface area contributed by atoms with Crippen LogP contribution < -0.4 is 5.73 Å². The van der Waals surface area contributed by atoms with Crippen molar-refractivity contribution in [1.29, 1.82) is 0 Å². The van der Waals surface area contributed by atoms with E-state index in [1.165, 1.54) is 4.90 Å². The van der Waals surface area contributed by atoms with Crippen LogP contribution in [0, 0.1) is 24.2 Å². The van der Waals surface area contributed by atoms with Gasteiger partial charge < -0.3 is 5.73 Å². The van der Waals surface area contributed by atoms with Crippen LogP contribution in [0.15, 0.2) is 18.2 Å². The number of aryl methyl sites for hydroxylation is 1. The van der Waals surface area contributed by atoms with E-state index in [1.54, 1.807) is 0 Å². The maximum Gasteiger partial charge on any atom is 0.233 e. The molecule has 0 aromatic heterocycles. The summed E-state index contributed by atoms with van der Waals surface area (Å²) in [5, 5.41) is 0. The smallest absolute Gasteiger partial charge is 0.233 e. The molecule has 3 rings (SSSR count). The SMILES string of the molecule is Cc1cc(C(N)=S)ccc1CN1C(=O)C2C(C1=O)C2(C)C. The van der Waals surface area contributed by atoms with Crippen LogP contribution in [0.3, 0.4) is 0 Å². The molecule has 1 aliphatic carbocycles. The fourth-order valence-corrected chi connectivity index (χ4v) is 3.48. The predicted molar refractivity (Wildman–Crippen MR) is 83.4 cm³/mol. The Balaban J connectivity index is 1.81. The Hall–Kier alpha value is -1.75. The van der Waals surface area contributed by atoms with E-state index in [0.717, 1.165) is 16.7 Å². The van der Waals surface area contributed by atoms with Crippen molar-refractivity contribution in [1.82, 2.24) is 4.90 Å². The molecule has 2 atom stereocenters. The van der Waals surface area contributed by atoms with Gasteiger partial charge >= 0.3 is 0 Å². The molecule has 5 heteroatoms. The van der Waals surface area contributed by atoms with Crippen molar-refractivity contribution in [2.45, 2.75) is 27.3 Å². The lowest BCUT2D eigenvalue weighted by atomic mass is 10.0. The molecule has 0 radical (unpaired) electrons. The molecule has 1 heterocycles. The van der Waals surface area contributed by atoms with Crippen LogP contribution in [-0.2, 0) is 16.1 Å². The Morgan fingerprint density at radius 1 is 1.29 bits per heavy atom. The molecule has 2 amide bonds. The number of imide groups is 1. The van der Waals surface area contributed by atoms with Crippen LogP contribution in [0.4, 0.5) is 0 Å². The number of fused-ring (bicyclic) bond motifs is 1. The fourth-order valence-electron chi connectivity index (χ4n) is 3.36. The fraction of sp³-hybridized carbons (Fsp3) is 0.438. The topological polar surface area (TPSA) is 63.4 Å². The standard InChI is InChI=1S/C16H18N2O2S/c1-8-6-9(13(17)21)4-5-10(8)7-18-14(19)11-12(15(18)20)16(11,2)3/h4-6,11-12H,7H2,1-3H3,(H2,17,21). The third-order valence-corrected chi connectivity index (χ3v) is 5.08. The van der Waals surface area contributed by atoms with Gasteiger partial charge in [-0.05, 0) is 29.5 Å². The molecule has 110 valence electrons. The lowest BCUT2D eigenvalue weighted by Gasteiger charge is -2.21. The summed E-state index contributed by atoms with van der Waals surface area (Å²) in [6.07, 6.45) is 0. The molecule has 2 unspecified atom stereocenters. The highest BCUT2D eigenvalue weighted by Gasteiger charge is 2.72. The highest BCUT2D eigenvalue weighted by molar-refractivity contribution is 7.80. The predicted octanol–water partition coefficient (Wildman–Crippen LogP) is 1.77. The number of hydrogen-bond acceptors (Lipinski definition) is 3. The summed E-state index contributed by atoms with van der Waals surface area (Å²) in [5.41, 5.74) is 8.19. The van der Waals surface area contributed by atoms with Crippen LogP contribution in [0.2, 0.25) is 0 Å². The van der Waals surface area contributed by atoms with Gasteiger partial charge in [0.25, 0.3) is 0 Å². The number of hydrogen-bond donors (Lipinski definition) is 1. The molecule has 1 aromatic carbocycles. The van der Waals surface area contributed by atoms with Crippen molar-refractivity contribution in [3.63, 3.8) is 0 Å². The van der Waals surface area contributed by atoms with Crippen molar-refractivity contribution in [3.8, 4) is 0 Å². The number of piperidine rings is 1. The van der Waals surface area contributed by atoms with Gasteiger partial charge in [-0.25, -0.2) is 0 Å². The minimum absolute atomic E-state index is 0.0344. The normalized spacial score (nSPS) is 26.0. The van der Waals surface area contributed by atoms with Gasteiger partial charge in [0.2, 0.25) is 11.8 Å². The highest BCUT2D eigenvalue weighted by Crippen LogP contribution is 2.63. The first kappa shape index (κ1) is 14.2. The second-order valence-corrected chi connectivity index (χ2v) is 6.98. The quantitative estimate of drug-likeness (QED) is 0.683. The molecule has 1 aliphatic heterocycles. The van der Waals surface area contributed by atoms with Crippen molar-refractivity contribution >= 4 is 29.0 Å². The van der Waals surface area contributed by atoms with Gasteiger partial charge in [0.05, 0.1) is 18.4 Å². The van der Waals surface area contributed by atoms with Gasteiger partial charge in [-0.1, -0.05) is 38.2 Å². The third-order valence-electron chi connectivity index (χ3n) is 4.85. The Bertz CT molecular complexity index is 657. The minimum Gasteiger partial charge on any atom is -0.389 e. The average Bonchev–Trinajstić information content (AvgIpc) is 2.87. The van der Waals surface area contributed by atoms with Crippen LogP contribution in [-0.4, -0.2) is 21.7 Å². The summed E-state index contributed by atoms with van der Waals surface area (Å²) in [5.74, 6) is -0.317. The number of carbonyl (C=O) groups excluding carboxylic acids is 2. The Kier molecular flexibility index (Phi) is 2.95. The summed E-state index contributed by atoms with van der Waals surface area (Å²) < 4.78 is 0. The van der Waals surface area contributed by atoms with E-state index in [1.807, 2.05) is 39.0 Å². The summed E-state index contributed by atoms with van der Waals surface area (Å²) >= 11 is 4.95. The average molecular weight is 302 g/mol. The molecule has 21 heavy (non-hydrogen) atoms. The Morgan fingerprint density at radius 3 is 2.33 bits per heavy atom. The summed E-state index contributed by atoms with van der Waals surface area (Å²) in [4.78, 5) is 26.4. The Labute approximate surface area is 129 Å². The minimum atomic E-state index is -0.157. The molecule has 2 aliphatic rings. The molecule has 1 aromatic rings. The molecular formula is C16H18N2O2S. The molecule has 2 N–H and O–H groups in total. The van der Waals surface area contributed by atoms with E-state index in [-0.39, 0.29) is 29.1 Å². The van der Waals surface area contributed by atoms with Crippen molar-refractivity contribution in [2.75, 3.05) is 0 Å². The van der Waals surface area contributed by atoms with Crippen molar-refractivity contribution in [3.05, 3.63) is 34.9 Å². The third kappa shape index (κ3) is 1.99. The van der Waals surface area contributed by atoms with Gasteiger partial charge in [0.1, 0.15) is 4.99 Å². The summed E-state index contributed by atoms with van der Waals surface area (Å²) in [6.45, 7) is 6.24. The highest BCUT2D eigenvalue weighted by atomic mass is 32.1. The molecule has 4 nitrogen and oxygen atoms in total. The van der Waals surface area contributed by atoms with Gasteiger partial charge in [0.15, 0.2) is 0 Å². The molecule has 1 saturated carbocycles. The van der Waals surface area contributed by atoms with E-state index in [0.29, 0.717) is 11.5 Å². The van der Waals surface area contributed by atoms with Crippen LogP contribution in [0.1, 0.15) is 30.5 Å².